The van der Waals surface area contributed by atoms with Crippen molar-refractivity contribution >= 4 is 22.1 Å². The van der Waals surface area contributed by atoms with E-state index in [0.29, 0.717) is 22.1 Å². The van der Waals surface area contributed by atoms with E-state index in [4.69, 9.17) is 4.42 Å². The van der Waals surface area contributed by atoms with E-state index in [1.54, 1.807) is 6.20 Å². The first-order valence-corrected chi connectivity index (χ1v) is 5.45. The SMILES string of the molecule is Cc1ccc2oc3ncc(C)cc3c(=O)c2c1. The summed E-state index contributed by atoms with van der Waals surface area (Å²) in [7, 11) is 0. The molecule has 0 N–H and O–H groups in total. The molecule has 0 aliphatic carbocycles. The molecule has 1 aromatic carbocycles. The molecule has 2 aromatic heterocycles. The first kappa shape index (κ1) is 10.0. The van der Waals surface area contributed by atoms with Crippen molar-refractivity contribution in [1.82, 2.24) is 4.98 Å². The van der Waals surface area contributed by atoms with Crippen LogP contribution in [0.5, 0.6) is 0 Å². The van der Waals surface area contributed by atoms with E-state index in [2.05, 4.69) is 4.98 Å². The summed E-state index contributed by atoms with van der Waals surface area (Å²) in [5, 5.41) is 1.16. The van der Waals surface area contributed by atoms with Crippen LogP contribution in [-0.2, 0) is 0 Å². The zero-order valence-electron chi connectivity index (χ0n) is 9.65. The van der Waals surface area contributed by atoms with Gasteiger partial charge in [-0.1, -0.05) is 11.6 Å². The third-order valence-corrected chi connectivity index (χ3v) is 2.82. The second-order valence-electron chi connectivity index (χ2n) is 4.30. The Hall–Kier alpha value is -2.16. The maximum absolute atomic E-state index is 12.3. The number of hydrogen-bond donors (Lipinski definition) is 0. The normalized spacial score (nSPS) is 11.2. The Bertz CT molecular complexity index is 724. The van der Waals surface area contributed by atoms with Crippen LogP contribution in [-0.4, -0.2) is 4.98 Å². The van der Waals surface area contributed by atoms with Crippen LogP contribution in [0.4, 0.5) is 0 Å². The lowest BCUT2D eigenvalue weighted by Gasteiger charge is -2.02. The lowest BCUT2D eigenvalue weighted by atomic mass is 10.1. The van der Waals surface area contributed by atoms with E-state index in [-0.39, 0.29) is 5.43 Å². The van der Waals surface area contributed by atoms with Crippen molar-refractivity contribution in [2.75, 3.05) is 0 Å². The Morgan fingerprint density at radius 2 is 1.82 bits per heavy atom. The van der Waals surface area contributed by atoms with Gasteiger partial charge in [-0.25, -0.2) is 4.98 Å². The predicted octanol–water partition coefficient (Wildman–Crippen LogP) is 2.96. The van der Waals surface area contributed by atoms with Gasteiger partial charge in [0, 0.05) is 6.20 Å². The second kappa shape index (κ2) is 3.42. The van der Waals surface area contributed by atoms with Gasteiger partial charge in [0.25, 0.3) is 0 Å². The van der Waals surface area contributed by atoms with Crippen molar-refractivity contribution in [1.29, 1.82) is 0 Å². The van der Waals surface area contributed by atoms with Crippen LogP contribution in [0.2, 0.25) is 0 Å². The molecule has 0 aliphatic rings. The minimum atomic E-state index is -0.0128. The third-order valence-electron chi connectivity index (χ3n) is 2.82. The number of fused-ring (bicyclic) bond motifs is 2. The average molecular weight is 225 g/mol. The van der Waals surface area contributed by atoms with E-state index in [0.717, 1.165) is 11.1 Å². The van der Waals surface area contributed by atoms with Crippen molar-refractivity contribution in [2.24, 2.45) is 0 Å². The van der Waals surface area contributed by atoms with Crippen molar-refractivity contribution in [3.05, 3.63) is 51.8 Å². The van der Waals surface area contributed by atoms with Crippen LogP contribution in [0, 0.1) is 13.8 Å². The molecule has 0 saturated heterocycles. The third kappa shape index (κ3) is 1.51. The van der Waals surface area contributed by atoms with E-state index in [9.17, 15) is 4.79 Å². The van der Waals surface area contributed by atoms with Crippen LogP contribution in [0.3, 0.4) is 0 Å². The maximum atomic E-state index is 12.3. The number of pyridine rings is 1. The highest BCUT2D eigenvalue weighted by Gasteiger charge is 2.08. The summed E-state index contributed by atoms with van der Waals surface area (Å²) >= 11 is 0. The summed E-state index contributed by atoms with van der Waals surface area (Å²) in [6.45, 7) is 3.86. The predicted molar refractivity (Wildman–Crippen MR) is 67.3 cm³/mol. The minimum Gasteiger partial charge on any atom is -0.437 e. The molecule has 0 amide bonds. The number of aromatic nitrogens is 1. The molecule has 0 bridgehead atoms. The van der Waals surface area contributed by atoms with Gasteiger partial charge in [0.2, 0.25) is 11.1 Å². The van der Waals surface area contributed by atoms with E-state index >= 15 is 0 Å². The summed E-state index contributed by atoms with van der Waals surface area (Å²) in [6.07, 6.45) is 1.70. The fraction of sp³-hybridized carbons (Fsp3) is 0.143. The van der Waals surface area contributed by atoms with Gasteiger partial charge in [-0.3, -0.25) is 4.79 Å². The van der Waals surface area contributed by atoms with Gasteiger partial charge in [0.05, 0.1) is 10.8 Å². The molecule has 84 valence electrons. The van der Waals surface area contributed by atoms with Gasteiger partial charge in [0.1, 0.15) is 5.58 Å². The lowest BCUT2D eigenvalue weighted by molar-refractivity contribution is 0.644. The molecule has 3 heteroatoms. The molecule has 0 unspecified atom stereocenters. The molecule has 0 fully saturated rings. The Balaban J connectivity index is 2.58. The van der Waals surface area contributed by atoms with E-state index in [1.807, 2.05) is 38.1 Å². The van der Waals surface area contributed by atoms with Crippen molar-refractivity contribution in [3.8, 4) is 0 Å². The molecule has 2 heterocycles. The quantitative estimate of drug-likeness (QED) is 0.552. The Morgan fingerprint density at radius 3 is 2.65 bits per heavy atom. The topological polar surface area (TPSA) is 43.1 Å². The van der Waals surface area contributed by atoms with Crippen LogP contribution in [0.1, 0.15) is 11.1 Å². The number of hydrogen-bond acceptors (Lipinski definition) is 3. The maximum Gasteiger partial charge on any atom is 0.230 e. The summed E-state index contributed by atoms with van der Waals surface area (Å²) in [4.78, 5) is 16.4. The van der Waals surface area contributed by atoms with Gasteiger partial charge < -0.3 is 4.42 Å². The van der Waals surface area contributed by atoms with E-state index in [1.165, 1.54) is 0 Å². The highest BCUT2D eigenvalue weighted by molar-refractivity contribution is 5.88. The molecule has 3 rings (SSSR count). The fourth-order valence-corrected chi connectivity index (χ4v) is 1.96. The first-order chi connectivity index (χ1) is 8.15. The van der Waals surface area contributed by atoms with Gasteiger partial charge in [0.15, 0.2) is 0 Å². The van der Waals surface area contributed by atoms with Crippen molar-refractivity contribution in [2.45, 2.75) is 13.8 Å². The molecule has 0 atom stereocenters. The second-order valence-corrected chi connectivity index (χ2v) is 4.30. The average Bonchev–Trinajstić information content (AvgIpc) is 2.32. The number of rotatable bonds is 0. The van der Waals surface area contributed by atoms with Crippen LogP contribution in [0.15, 0.2) is 39.7 Å². The summed E-state index contributed by atoms with van der Waals surface area (Å²) < 4.78 is 5.63. The van der Waals surface area contributed by atoms with E-state index < -0.39 is 0 Å². The van der Waals surface area contributed by atoms with Gasteiger partial charge in [-0.05, 0) is 37.6 Å². The molecular formula is C14H11NO2. The molecule has 3 aromatic rings. The number of aryl methyl sites for hydroxylation is 2. The minimum absolute atomic E-state index is 0.0128. The first-order valence-electron chi connectivity index (χ1n) is 5.45. The molecule has 0 saturated carbocycles. The number of nitrogens with zero attached hydrogens (tertiary/aromatic N) is 1. The largest absolute Gasteiger partial charge is 0.437 e. The molecular weight excluding hydrogens is 214 g/mol. The van der Waals surface area contributed by atoms with Gasteiger partial charge >= 0.3 is 0 Å². The van der Waals surface area contributed by atoms with Crippen LogP contribution in [0.25, 0.3) is 22.1 Å². The van der Waals surface area contributed by atoms with Gasteiger partial charge in [-0.2, -0.15) is 0 Å². The zero-order chi connectivity index (χ0) is 12.0. The van der Waals surface area contributed by atoms with Crippen molar-refractivity contribution < 1.29 is 4.42 Å². The molecule has 0 spiro atoms. The smallest absolute Gasteiger partial charge is 0.230 e. The van der Waals surface area contributed by atoms with Gasteiger partial charge in [-0.15, -0.1) is 0 Å². The van der Waals surface area contributed by atoms with Crippen LogP contribution >= 0.6 is 0 Å². The highest BCUT2D eigenvalue weighted by atomic mass is 16.3. The Morgan fingerprint density at radius 1 is 1.06 bits per heavy atom. The monoisotopic (exact) mass is 225 g/mol. The summed E-state index contributed by atoms with van der Waals surface area (Å²) in [5.74, 6) is 0. The number of benzene rings is 1. The highest BCUT2D eigenvalue weighted by Crippen LogP contribution is 2.18. The summed E-state index contributed by atoms with van der Waals surface area (Å²) in [6, 6.07) is 7.40. The fourth-order valence-electron chi connectivity index (χ4n) is 1.96. The molecule has 0 aliphatic heterocycles. The molecule has 17 heavy (non-hydrogen) atoms. The van der Waals surface area contributed by atoms with Crippen molar-refractivity contribution in [3.63, 3.8) is 0 Å². The standard InChI is InChI=1S/C14H11NO2/c1-8-3-4-12-10(5-8)13(16)11-6-9(2)7-15-14(11)17-12/h3-7H,1-2H3. The molecule has 3 nitrogen and oxygen atoms in total. The Kier molecular flexibility index (Phi) is 2.01. The van der Waals surface area contributed by atoms with Crippen LogP contribution < -0.4 is 5.43 Å². The molecule has 0 radical (unpaired) electrons. The lowest BCUT2D eigenvalue weighted by Crippen LogP contribution is -2.03. The summed E-state index contributed by atoms with van der Waals surface area (Å²) in [5.41, 5.74) is 2.98. The Labute approximate surface area is 97.7 Å². The zero-order valence-corrected chi connectivity index (χ0v) is 9.65.